The van der Waals surface area contributed by atoms with Crippen LogP contribution in [-0.4, -0.2) is 5.91 Å². The van der Waals surface area contributed by atoms with E-state index >= 15 is 0 Å². The van der Waals surface area contributed by atoms with Crippen molar-refractivity contribution < 1.29 is 9.18 Å². The molecule has 1 atom stereocenters. The Hall–Kier alpha value is -2.36. The molecule has 20 heavy (non-hydrogen) atoms. The number of benzene rings is 2. The Bertz CT molecular complexity index is 613. The first-order chi connectivity index (χ1) is 9.60. The summed E-state index contributed by atoms with van der Waals surface area (Å²) in [6.07, 6.45) is 0.796. The third kappa shape index (κ3) is 3.35. The maximum absolute atomic E-state index is 13.3. The van der Waals surface area contributed by atoms with E-state index in [-0.39, 0.29) is 11.9 Å². The summed E-state index contributed by atoms with van der Waals surface area (Å²) >= 11 is 0. The van der Waals surface area contributed by atoms with Crippen molar-refractivity contribution in [2.75, 3.05) is 5.32 Å². The van der Waals surface area contributed by atoms with E-state index in [2.05, 4.69) is 5.32 Å². The fourth-order valence-electron chi connectivity index (χ4n) is 2.11. The fraction of sp³-hybridized carbons (Fsp3) is 0.188. The summed E-state index contributed by atoms with van der Waals surface area (Å²) in [6.45, 7) is 2.01. The minimum absolute atomic E-state index is 0.0196. The van der Waals surface area contributed by atoms with Crippen LogP contribution in [0.3, 0.4) is 0 Å². The number of hydrogen-bond donors (Lipinski definition) is 2. The number of carbonyl (C=O) groups is 1. The van der Waals surface area contributed by atoms with Crippen molar-refractivity contribution >= 4 is 11.6 Å². The molecule has 104 valence electrons. The number of amides is 1. The van der Waals surface area contributed by atoms with E-state index in [1.165, 1.54) is 12.1 Å². The molecule has 2 rings (SSSR count). The Morgan fingerprint density at radius 2 is 2.00 bits per heavy atom. The van der Waals surface area contributed by atoms with Crippen molar-refractivity contribution in [2.45, 2.75) is 19.4 Å². The SMILES string of the molecule is CCC(Nc1cccc(C(N)=O)c1)c1cccc(F)c1. The van der Waals surface area contributed by atoms with Gasteiger partial charge in [-0.1, -0.05) is 25.1 Å². The summed E-state index contributed by atoms with van der Waals surface area (Å²) in [7, 11) is 0. The van der Waals surface area contributed by atoms with Gasteiger partial charge in [0.15, 0.2) is 0 Å². The number of nitrogens with two attached hydrogens (primary N) is 1. The van der Waals surface area contributed by atoms with Crippen LogP contribution in [0.2, 0.25) is 0 Å². The van der Waals surface area contributed by atoms with E-state index < -0.39 is 5.91 Å². The van der Waals surface area contributed by atoms with E-state index in [0.29, 0.717) is 5.56 Å². The minimum atomic E-state index is -0.465. The minimum Gasteiger partial charge on any atom is -0.378 e. The van der Waals surface area contributed by atoms with Crippen LogP contribution in [0.1, 0.15) is 35.3 Å². The first-order valence-corrected chi connectivity index (χ1v) is 6.52. The molecule has 1 amide bonds. The number of anilines is 1. The highest BCUT2D eigenvalue weighted by molar-refractivity contribution is 5.93. The third-order valence-corrected chi connectivity index (χ3v) is 3.15. The van der Waals surface area contributed by atoms with Crippen molar-refractivity contribution in [2.24, 2.45) is 5.73 Å². The molecule has 0 saturated heterocycles. The molecule has 0 aliphatic rings. The van der Waals surface area contributed by atoms with Gasteiger partial charge in [0, 0.05) is 11.3 Å². The highest BCUT2D eigenvalue weighted by atomic mass is 19.1. The fourth-order valence-corrected chi connectivity index (χ4v) is 2.11. The lowest BCUT2D eigenvalue weighted by Gasteiger charge is -2.19. The highest BCUT2D eigenvalue weighted by Gasteiger charge is 2.10. The van der Waals surface area contributed by atoms with Crippen LogP contribution in [0.5, 0.6) is 0 Å². The van der Waals surface area contributed by atoms with Gasteiger partial charge in [-0.05, 0) is 42.3 Å². The summed E-state index contributed by atoms with van der Waals surface area (Å²) in [5.41, 5.74) is 7.37. The van der Waals surface area contributed by atoms with Crippen LogP contribution in [-0.2, 0) is 0 Å². The molecule has 0 fully saturated rings. The van der Waals surface area contributed by atoms with Crippen LogP contribution in [0.25, 0.3) is 0 Å². The van der Waals surface area contributed by atoms with Crippen molar-refractivity contribution in [3.05, 3.63) is 65.5 Å². The van der Waals surface area contributed by atoms with Gasteiger partial charge in [-0.3, -0.25) is 4.79 Å². The van der Waals surface area contributed by atoms with Crippen LogP contribution in [0.4, 0.5) is 10.1 Å². The molecule has 0 bridgehead atoms. The first kappa shape index (κ1) is 14.1. The number of primary amides is 1. The van der Waals surface area contributed by atoms with Crippen LogP contribution >= 0.6 is 0 Å². The van der Waals surface area contributed by atoms with Crippen molar-refractivity contribution in [3.63, 3.8) is 0 Å². The molecule has 3 nitrogen and oxygen atoms in total. The Kier molecular flexibility index (Phi) is 4.35. The predicted molar refractivity (Wildman–Crippen MR) is 78.0 cm³/mol. The zero-order valence-electron chi connectivity index (χ0n) is 11.3. The Labute approximate surface area is 117 Å². The second kappa shape index (κ2) is 6.19. The zero-order valence-corrected chi connectivity index (χ0v) is 11.3. The van der Waals surface area contributed by atoms with Gasteiger partial charge < -0.3 is 11.1 Å². The Balaban J connectivity index is 2.22. The van der Waals surface area contributed by atoms with Gasteiger partial charge in [-0.2, -0.15) is 0 Å². The first-order valence-electron chi connectivity index (χ1n) is 6.52. The lowest BCUT2D eigenvalue weighted by molar-refractivity contribution is 0.100. The predicted octanol–water partition coefficient (Wildman–Crippen LogP) is 3.49. The largest absolute Gasteiger partial charge is 0.378 e. The monoisotopic (exact) mass is 272 g/mol. The molecule has 0 aromatic heterocycles. The molecular weight excluding hydrogens is 255 g/mol. The van der Waals surface area contributed by atoms with E-state index in [1.54, 1.807) is 24.3 Å². The molecule has 0 radical (unpaired) electrons. The smallest absolute Gasteiger partial charge is 0.248 e. The number of hydrogen-bond acceptors (Lipinski definition) is 2. The van der Waals surface area contributed by atoms with Gasteiger partial charge >= 0.3 is 0 Å². The molecule has 0 saturated carbocycles. The molecule has 2 aromatic carbocycles. The van der Waals surface area contributed by atoms with Gasteiger partial charge in [0.2, 0.25) is 5.91 Å². The Morgan fingerprint density at radius 1 is 1.25 bits per heavy atom. The molecule has 0 aliphatic heterocycles. The maximum atomic E-state index is 13.3. The summed E-state index contributed by atoms with van der Waals surface area (Å²) in [5, 5.41) is 3.29. The highest BCUT2D eigenvalue weighted by Crippen LogP contribution is 2.23. The molecule has 0 spiro atoms. The van der Waals surface area contributed by atoms with Crippen molar-refractivity contribution in [3.8, 4) is 0 Å². The number of nitrogens with one attached hydrogen (secondary N) is 1. The summed E-state index contributed by atoms with van der Waals surface area (Å²) < 4.78 is 13.3. The Morgan fingerprint density at radius 3 is 2.65 bits per heavy atom. The summed E-state index contributed by atoms with van der Waals surface area (Å²) in [6, 6.07) is 13.5. The molecule has 1 unspecified atom stereocenters. The van der Waals surface area contributed by atoms with Gasteiger partial charge in [0.05, 0.1) is 6.04 Å². The molecule has 0 heterocycles. The number of carbonyl (C=O) groups excluding carboxylic acids is 1. The van der Waals surface area contributed by atoms with E-state index in [9.17, 15) is 9.18 Å². The zero-order chi connectivity index (χ0) is 14.5. The molecule has 4 heteroatoms. The molecule has 0 aliphatic carbocycles. The van der Waals surface area contributed by atoms with Crippen molar-refractivity contribution in [1.82, 2.24) is 0 Å². The lowest BCUT2D eigenvalue weighted by atomic mass is 10.0. The third-order valence-electron chi connectivity index (χ3n) is 3.15. The quantitative estimate of drug-likeness (QED) is 0.875. The number of halogens is 1. The average molecular weight is 272 g/mol. The summed E-state index contributed by atoms with van der Waals surface area (Å²) in [5.74, 6) is -0.721. The van der Waals surface area contributed by atoms with Crippen LogP contribution in [0, 0.1) is 5.82 Å². The lowest BCUT2D eigenvalue weighted by Crippen LogP contribution is -2.13. The van der Waals surface area contributed by atoms with Crippen LogP contribution < -0.4 is 11.1 Å². The van der Waals surface area contributed by atoms with Gasteiger partial charge in [-0.15, -0.1) is 0 Å². The average Bonchev–Trinajstić information content (AvgIpc) is 2.45. The number of rotatable bonds is 5. The molecular formula is C16H17FN2O. The van der Waals surface area contributed by atoms with E-state index in [1.807, 2.05) is 19.1 Å². The van der Waals surface area contributed by atoms with Gasteiger partial charge in [0.25, 0.3) is 0 Å². The topological polar surface area (TPSA) is 55.1 Å². The second-order valence-electron chi connectivity index (χ2n) is 4.61. The second-order valence-corrected chi connectivity index (χ2v) is 4.61. The van der Waals surface area contributed by atoms with Gasteiger partial charge in [-0.25, -0.2) is 4.39 Å². The summed E-state index contributed by atoms with van der Waals surface area (Å²) in [4.78, 5) is 11.2. The normalized spacial score (nSPS) is 11.9. The van der Waals surface area contributed by atoms with Crippen molar-refractivity contribution in [1.29, 1.82) is 0 Å². The van der Waals surface area contributed by atoms with Crippen LogP contribution in [0.15, 0.2) is 48.5 Å². The molecule has 2 aromatic rings. The van der Waals surface area contributed by atoms with E-state index in [4.69, 9.17) is 5.73 Å². The maximum Gasteiger partial charge on any atom is 0.248 e. The van der Waals surface area contributed by atoms with Gasteiger partial charge in [0.1, 0.15) is 5.82 Å². The standard InChI is InChI=1S/C16H17FN2O/c1-2-15(11-5-3-7-13(17)9-11)19-14-8-4-6-12(10-14)16(18)20/h3-10,15,19H,2H2,1H3,(H2,18,20). The molecule has 3 N–H and O–H groups in total. The van der Waals surface area contributed by atoms with E-state index in [0.717, 1.165) is 17.7 Å².